The van der Waals surface area contributed by atoms with Crippen molar-refractivity contribution < 1.29 is 52.2 Å². The summed E-state index contributed by atoms with van der Waals surface area (Å²) in [7, 11) is -4.77. The molecule has 3 unspecified atom stereocenters. The number of hydrogen-bond acceptors (Lipinski definition) is 10. The average Bonchev–Trinajstić information content (AvgIpc) is 3.43. The number of phosphoric ester groups is 1. The number of rotatable bonds is 56. The first kappa shape index (κ1) is 74.1. The SMILES string of the molecule is CC/C=C\C/C=C\C/C=C\C/C=C\CCCCCCC(=O)OCC(COP(=O)(O)OCC(CO)OC(=O)CCCCCCC/C=C\C/C=C\CCCCC)OC(=O)CCCCCCCC/C=C\C/C=C\C/C=C\CCCCC. The van der Waals surface area contributed by atoms with Gasteiger partial charge in [0.05, 0.1) is 19.8 Å². The molecule has 0 fully saturated rings. The van der Waals surface area contributed by atoms with E-state index in [0.29, 0.717) is 19.3 Å². The van der Waals surface area contributed by atoms with E-state index in [1.165, 1.54) is 44.9 Å². The lowest BCUT2D eigenvalue weighted by Gasteiger charge is -2.21. The molecule has 78 heavy (non-hydrogen) atoms. The van der Waals surface area contributed by atoms with E-state index < -0.39 is 57.8 Å². The second-order valence-electron chi connectivity index (χ2n) is 20.1. The second-order valence-corrected chi connectivity index (χ2v) is 21.6. The smallest absolute Gasteiger partial charge is 0.462 e. The monoisotopic (exact) mass is 1110 g/mol. The first-order valence-electron chi connectivity index (χ1n) is 30.8. The van der Waals surface area contributed by atoms with Crippen LogP contribution in [0.2, 0.25) is 0 Å². The van der Waals surface area contributed by atoms with Gasteiger partial charge >= 0.3 is 25.7 Å². The van der Waals surface area contributed by atoms with Gasteiger partial charge in [0.2, 0.25) is 0 Å². The normalized spacial score (nSPS) is 14.1. The van der Waals surface area contributed by atoms with Crippen molar-refractivity contribution in [3.63, 3.8) is 0 Å². The summed E-state index contributed by atoms with van der Waals surface area (Å²) in [5.74, 6) is -1.53. The van der Waals surface area contributed by atoms with Crippen LogP contribution in [0.1, 0.15) is 252 Å². The molecule has 3 atom stereocenters. The van der Waals surface area contributed by atoms with E-state index in [1.807, 2.05) is 0 Å². The summed E-state index contributed by atoms with van der Waals surface area (Å²) in [6.45, 7) is 4.43. The van der Waals surface area contributed by atoms with Crippen LogP contribution in [0.25, 0.3) is 0 Å². The molecule has 0 radical (unpaired) electrons. The van der Waals surface area contributed by atoms with Crippen LogP contribution in [0.15, 0.2) is 109 Å². The van der Waals surface area contributed by atoms with Gasteiger partial charge in [-0.1, -0.05) is 214 Å². The fourth-order valence-electron chi connectivity index (χ4n) is 7.97. The molecule has 0 rings (SSSR count). The number of allylic oxidation sites excluding steroid dienone is 18. The molecule has 0 saturated heterocycles. The van der Waals surface area contributed by atoms with Gasteiger partial charge in [0.15, 0.2) is 6.10 Å². The molecular formula is C66H111O11P. The Labute approximate surface area is 475 Å². The molecule has 446 valence electrons. The van der Waals surface area contributed by atoms with E-state index in [2.05, 4.69) is 130 Å². The van der Waals surface area contributed by atoms with E-state index in [-0.39, 0.29) is 25.9 Å². The molecule has 0 heterocycles. The number of ether oxygens (including phenoxy) is 3. The molecule has 12 heteroatoms. The van der Waals surface area contributed by atoms with Gasteiger partial charge in [-0.3, -0.25) is 23.4 Å². The van der Waals surface area contributed by atoms with Crippen molar-refractivity contribution >= 4 is 25.7 Å². The Bertz CT molecular complexity index is 1720. The minimum Gasteiger partial charge on any atom is -0.462 e. The Hall–Kier alpha value is -3.86. The molecule has 0 spiro atoms. The summed E-state index contributed by atoms with van der Waals surface area (Å²) in [5, 5.41) is 9.83. The van der Waals surface area contributed by atoms with Crippen molar-refractivity contribution in [3.8, 4) is 0 Å². The van der Waals surface area contributed by atoms with Crippen molar-refractivity contribution in [2.75, 3.05) is 26.4 Å². The van der Waals surface area contributed by atoms with E-state index >= 15 is 0 Å². The number of unbranched alkanes of at least 4 members (excludes halogenated alkanes) is 21. The predicted molar refractivity (Wildman–Crippen MR) is 325 cm³/mol. The number of hydrogen-bond donors (Lipinski definition) is 2. The zero-order valence-corrected chi connectivity index (χ0v) is 50.2. The standard InChI is InChI=1S/C66H111O11P/c1-4-7-10-13-16-19-22-25-28-30-31-33-36-39-42-45-48-51-54-57-66(70)77-63(59-73-64(68)55-52-49-46-43-40-37-35-32-29-26-23-20-17-14-11-8-5-2)61-75-78(71,72)74-60-62(58-67)76-65(69)56-53-50-47-44-41-38-34-27-24-21-18-15-12-9-6-3/h8,11,16-21,25-29,31,33-35,37,62-63,67H,4-7,9-10,12-15,22-24,30,32,36,38-61H2,1-3H3,(H,71,72)/b11-8-,19-16-,20-17-,21-18-,28-25-,29-26-,33-31-,34-27-,37-35-. The van der Waals surface area contributed by atoms with E-state index in [4.69, 9.17) is 23.3 Å². The zero-order valence-electron chi connectivity index (χ0n) is 49.3. The summed E-state index contributed by atoms with van der Waals surface area (Å²) >= 11 is 0. The summed E-state index contributed by atoms with van der Waals surface area (Å²) in [6.07, 6.45) is 71.7. The van der Waals surface area contributed by atoms with Gasteiger partial charge in [0.25, 0.3) is 0 Å². The van der Waals surface area contributed by atoms with Crippen LogP contribution in [-0.4, -0.2) is 66.5 Å². The van der Waals surface area contributed by atoms with Crippen molar-refractivity contribution in [3.05, 3.63) is 109 Å². The van der Waals surface area contributed by atoms with Crippen LogP contribution in [0, 0.1) is 0 Å². The number of carbonyl (C=O) groups excluding carboxylic acids is 3. The third-order valence-corrected chi connectivity index (χ3v) is 13.6. The first-order chi connectivity index (χ1) is 38.2. The van der Waals surface area contributed by atoms with Crippen LogP contribution in [0.5, 0.6) is 0 Å². The number of carbonyl (C=O) groups is 3. The van der Waals surface area contributed by atoms with Gasteiger partial charge in [-0.2, -0.15) is 0 Å². The van der Waals surface area contributed by atoms with Crippen molar-refractivity contribution in [1.29, 1.82) is 0 Å². The Morgan fingerprint density at radius 3 is 1.03 bits per heavy atom. The quantitative estimate of drug-likeness (QED) is 0.0197. The van der Waals surface area contributed by atoms with Gasteiger partial charge in [-0.15, -0.1) is 0 Å². The minimum atomic E-state index is -4.77. The van der Waals surface area contributed by atoms with Gasteiger partial charge in [-0.25, -0.2) is 4.57 Å². The van der Waals surface area contributed by atoms with Crippen LogP contribution in [-0.2, 0) is 42.2 Å². The lowest BCUT2D eigenvalue weighted by atomic mass is 10.1. The first-order valence-corrected chi connectivity index (χ1v) is 32.3. The second kappa shape index (κ2) is 59.3. The highest BCUT2D eigenvalue weighted by Gasteiger charge is 2.28. The van der Waals surface area contributed by atoms with Crippen LogP contribution >= 0.6 is 7.82 Å². The van der Waals surface area contributed by atoms with Crippen molar-refractivity contribution in [1.82, 2.24) is 0 Å². The molecule has 11 nitrogen and oxygen atoms in total. The maximum absolute atomic E-state index is 12.9. The molecule has 0 aromatic heterocycles. The van der Waals surface area contributed by atoms with E-state index in [9.17, 15) is 28.9 Å². The highest BCUT2D eigenvalue weighted by molar-refractivity contribution is 7.47. The third kappa shape index (κ3) is 56.8. The van der Waals surface area contributed by atoms with Crippen LogP contribution in [0.4, 0.5) is 0 Å². The molecule has 0 amide bonds. The predicted octanol–water partition coefficient (Wildman–Crippen LogP) is 18.6. The Morgan fingerprint density at radius 2 is 0.667 bits per heavy atom. The maximum atomic E-state index is 12.9. The minimum absolute atomic E-state index is 0.141. The highest BCUT2D eigenvalue weighted by Crippen LogP contribution is 2.43. The largest absolute Gasteiger partial charge is 0.472 e. The molecular weight excluding hydrogens is 1000 g/mol. The number of aliphatic hydroxyl groups is 1. The lowest BCUT2D eigenvalue weighted by molar-refractivity contribution is -0.161. The summed E-state index contributed by atoms with van der Waals surface area (Å²) in [4.78, 5) is 48.7. The molecule has 0 aliphatic carbocycles. The molecule has 0 bridgehead atoms. The fraction of sp³-hybridized carbons (Fsp3) is 0.682. The van der Waals surface area contributed by atoms with Gasteiger partial charge in [0.1, 0.15) is 12.7 Å². The van der Waals surface area contributed by atoms with Crippen LogP contribution in [0.3, 0.4) is 0 Å². The molecule has 2 N–H and O–H groups in total. The number of esters is 3. The fourth-order valence-corrected chi connectivity index (χ4v) is 8.76. The maximum Gasteiger partial charge on any atom is 0.472 e. The molecule has 0 saturated carbocycles. The van der Waals surface area contributed by atoms with Gasteiger partial charge < -0.3 is 24.2 Å². The van der Waals surface area contributed by atoms with Gasteiger partial charge in [-0.05, 0) is 128 Å². The van der Waals surface area contributed by atoms with Crippen molar-refractivity contribution in [2.24, 2.45) is 0 Å². The lowest BCUT2D eigenvalue weighted by Crippen LogP contribution is -2.30. The molecule has 0 aromatic carbocycles. The topological polar surface area (TPSA) is 155 Å². The zero-order chi connectivity index (χ0) is 56.9. The van der Waals surface area contributed by atoms with E-state index in [1.54, 1.807) is 0 Å². The van der Waals surface area contributed by atoms with Crippen LogP contribution < -0.4 is 0 Å². The average molecular weight is 1110 g/mol. The molecule has 0 aliphatic heterocycles. The Balaban J connectivity index is 4.81. The van der Waals surface area contributed by atoms with Crippen molar-refractivity contribution in [2.45, 2.75) is 264 Å². The summed E-state index contributed by atoms with van der Waals surface area (Å²) in [6, 6.07) is 0. The summed E-state index contributed by atoms with van der Waals surface area (Å²) in [5.41, 5.74) is 0. The number of aliphatic hydroxyl groups excluding tert-OH is 1. The molecule has 0 aliphatic rings. The van der Waals surface area contributed by atoms with E-state index in [0.717, 1.165) is 148 Å². The Kier molecular flexibility index (Phi) is 56.3. The number of phosphoric acid groups is 1. The highest BCUT2D eigenvalue weighted by atomic mass is 31.2. The summed E-state index contributed by atoms with van der Waals surface area (Å²) < 4.78 is 39.6. The third-order valence-electron chi connectivity index (χ3n) is 12.6. The van der Waals surface area contributed by atoms with Gasteiger partial charge in [0, 0.05) is 19.3 Å². The Morgan fingerprint density at radius 1 is 0.372 bits per heavy atom. The molecule has 0 aromatic rings.